The molecule has 0 radical (unpaired) electrons. The Morgan fingerprint density at radius 3 is 2.19 bits per heavy atom. The van der Waals surface area contributed by atoms with E-state index in [0.717, 1.165) is 28.8 Å². The first-order valence-electron chi connectivity index (χ1n) is 7.25. The van der Waals surface area contributed by atoms with Crippen LogP contribution in [-0.2, 0) is 6.54 Å². The van der Waals surface area contributed by atoms with Gasteiger partial charge < -0.3 is 5.11 Å². The lowest BCUT2D eigenvalue weighted by molar-refractivity contribution is 0.0683. The van der Waals surface area contributed by atoms with Gasteiger partial charge in [0, 0.05) is 12.1 Å². The molecule has 0 saturated carbocycles. The van der Waals surface area contributed by atoms with Gasteiger partial charge in [0.1, 0.15) is 5.69 Å². The topological polar surface area (TPSA) is 55.1 Å². The van der Waals surface area contributed by atoms with Crippen LogP contribution in [0.15, 0.2) is 12.1 Å². The van der Waals surface area contributed by atoms with E-state index in [9.17, 15) is 9.90 Å². The van der Waals surface area contributed by atoms with Gasteiger partial charge in [0.25, 0.3) is 0 Å². The maximum Gasteiger partial charge on any atom is 0.354 e. The number of nitrogens with zero attached hydrogens (tertiary/aromatic N) is 2. The molecule has 0 aliphatic carbocycles. The second-order valence-electron chi connectivity index (χ2n) is 5.58. The molecule has 0 fully saturated rings. The third-order valence-electron chi connectivity index (χ3n) is 4.06. The fraction of sp³-hybridized carbons (Fsp3) is 0.412. The molecule has 2 rings (SSSR count). The molecule has 0 unspecified atom stereocenters. The van der Waals surface area contributed by atoms with E-state index >= 15 is 0 Å². The quantitative estimate of drug-likeness (QED) is 0.927. The number of aromatic carboxylic acids is 1. The monoisotopic (exact) mass is 286 g/mol. The van der Waals surface area contributed by atoms with Crippen molar-refractivity contribution in [3.8, 4) is 11.3 Å². The van der Waals surface area contributed by atoms with Crippen LogP contribution in [0.25, 0.3) is 11.3 Å². The molecule has 112 valence electrons. The molecule has 1 N–H and O–H groups in total. The molecular formula is C17H22N2O2. The van der Waals surface area contributed by atoms with Crippen LogP contribution in [0.3, 0.4) is 0 Å². The van der Waals surface area contributed by atoms with Crippen molar-refractivity contribution >= 4 is 5.97 Å². The maximum absolute atomic E-state index is 11.4. The first kappa shape index (κ1) is 15.3. The van der Waals surface area contributed by atoms with Gasteiger partial charge in [0.2, 0.25) is 0 Å². The average molecular weight is 286 g/mol. The summed E-state index contributed by atoms with van der Waals surface area (Å²) >= 11 is 0. The van der Waals surface area contributed by atoms with E-state index in [1.807, 2.05) is 6.92 Å². The second-order valence-corrected chi connectivity index (χ2v) is 5.58. The summed E-state index contributed by atoms with van der Waals surface area (Å²) in [6.45, 7) is 10.9. The highest BCUT2D eigenvalue weighted by molar-refractivity contribution is 5.88. The first-order chi connectivity index (χ1) is 9.86. The van der Waals surface area contributed by atoms with E-state index in [4.69, 9.17) is 0 Å². The molecule has 0 bridgehead atoms. The Labute approximate surface area is 125 Å². The Balaban J connectivity index is 2.68. The standard InChI is InChI=1S/C17H22N2O2/c1-6-7-19-15(17(20)21)9-14(18-19)16-12(4)10(2)8-11(3)13(16)5/h8-9H,6-7H2,1-5H3,(H,20,21). The zero-order valence-corrected chi connectivity index (χ0v) is 13.3. The predicted octanol–water partition coefficient (Wildman–Crippen LogP) is 3.89. The summed E-state index contributed by atoms with van der Waals surface area (Å²) in [5.74, 6) is -0.929. The number of benzene rings is 1. The van der Waals surface area contributed by atoms with Crippen LogP contribution in [0.4, 0.5) is 0 Å². The predicted molar refractivity (Wildman–Crippen MR) is 83.9 cm³/mol. The van der Waals surface area contributed by atoms with E-state index in [-0.39, 0.29) is 5.69 Å². The Bertz CT molecular complexity index is 673. The summed E-state index contributed by atoms with van der Waals surface area (Å²) in [7, 11) is 0. The summed E-state index contributed by atoms with van der Waals surface area (Å²) in [5.41, 5.74) is 6.80. The molecule has 0 spiro atoms. The van der Waals surface area contributed by atoms with Gasteiger partial charge in [0.05, 0.1) is 5.69 Å². The highest BCUT2D eigenvalue weighted by atomic mass is 16.4. The van der Waals surface area contributed by atoms with Crippen LogP contribution in [0.2, 0.25) is 0 Å². The van der Waals surface area contributed by atoms with Crippen LogP contribution in [0, 0.1) is 27.7 Å². The fourth-order valence-electron chi connectivity index (χ4n) is 2.69. The summed E-state index contributed by atoms with van der Waals surface area (Å²) in [6.07, 6.45) is 0.853. The number of carboxylic acids is 1. The largest absolute Gasteiger partial charge is 0.477 e. The molecule has 4 heteroatoms. The molecule has 1 aromatic heterocycles. The Hall–Kier alpha value is -2.10. The lowest BCUT2D eigenvalue weighted by atomic mass is 9.92. The minimum Gasteiger partial charge on any atom is -0.477 e. The van der Waals surface area contributed by atoms with Gasteiger partial charge in [-0.25, -0.2) is 4.79 Å². The van der Waals surface area contributed by atoms with Gasteiger partial charge in [-0.1, -0.05) is 13.0 Å². The maximum atomic E-state index is 11.4. The minimum absolute atomic E-state index is 0.254. The van der Waals surface area contributed by atoms with Crippen molar-refractivity contribution in [3.05, 3.63) is 40.1 Å². The molecule has 0 aliphatic heterocycles. The fourth-order valence-corrected chi connectivity index (χ4v) is 2.69. The lowest BCUT2D eigenvalue weighted by Crippen LogP contribution is -2.09. The molecule has 0 saturated heterocycles. The Morgan fingerprint density at radius 1 is 1.14 bits per heavy atom. The molecule has 0 atom stereocenters. The third kappa shape index (κ3) is 2.71. The van der Waals surface area contributed by atoms with E-state index in [1.54, 1.807) is 10.7 Å². The molecule has 0 amide bonds. The molecule has 2 aromatic rings. The number of aryl methyl sites for hydroxylation is 3. The number of carbonyl (C=O) groups is 1. The van der Waals surface area contributed by atoms with E-state index < -0.39 is 5.97 Å². The molecule has 1 heterocycles. The first-order valence-corrected chi connectivity index (χ1v) is 7.25. The number of hydrogen-bond acceptors (Lipinski definition) is 2. The number of carboxylic acid groups (broad SMARTS) is 1. The van der Waals surface area contributed by atoms with Crippen molar-refractivity contribution < 1.29 is 9.90 Å². The van der Waals surface area contributed by atoms with Gasteiger partial charge in [-0.05, 0) is 62.4 Å². The van der Waals surface area contributed by atoms with Crippen molar-refractivity contribution in [1.82, 2.24) is 9.78 Å². The SMILES string of the molecule is CCCn1nc(-c2c(C)c(C)cc(C)c2C)cc1C(=O)O. The highest BCUT2D eigenvalue weighted by Crippen LogP contribution is 2.31. The molecule has 1 aromatic carbocycles. The average Bonchev–Trinajstić information content (AvgIpc) is 2.81. The van der Waals surface area contributed by atoms with E-state index in [0.29, 0.717) is 6.54 Å². The van der Waals surface area contributed by atoms with Crippen molar-refractivity contribution in [2.24, 2.45) is 0 Å². The lowest BCUT2D eigenvalue weighted by Gasteiger charge is -2.13. The smallest absolute Gasteiger partial charge is 0.354 e. The van der Waals surface area contributed by atoms with Gasteiger partial charge in [-0.2, -0.15) is 5.10 Å². The molecule has 4 nitrogen and oxygen atoms in total. The number of aromatic nitrogens is 2. The third-order valence-corrected chi connectivity index (χ3v) is 4.06. The Kier molecular flexibility index (Phi) is 4.16. The van der Waals surface area contributed by atoms with Gasteiger partial charge in [0.15, 0.2) is 0 Å². The van der Waals surface area contributed by atoms with Gasteiger partial charge in [-0.15, -0.1) is 0 Å². The van der Waals surface area contributed by atoms with Crippen molar-refractivity contribution in [3.63, 3.8) is 0 Å². The van der Waals surface area contributed by atoms with Crippen LogP contribution < -0.4 is 0 Å². The summed E-state index contributed by atoms with van der Waals surface area (Å²) in [5, 5.41) is 13.9. The zero-order chi connectivity index (χ0) is 15.7. The Morgan fingerprint density at radius 2 is 1.71 bits per heavy atom. The zero-order valence-electron chi connectivity index (χ0n) is 13.3. The van der Waals surface area contributed by atoms with Crippen molar-refractivity contribution in [1.29, 1.82) is 0 Å². The van der Waals surface area contributed by atoms with E-state index in [1.165, 1.54) is 11.1 Å². The number of hydrogen-bond donors (Lipinski definition) is 1. The van der Waals surface area contributed by atoms with Gasteiger partial charge in [-0.3, -0.25) is 4.68 Å². The highest BCUT2D eigenvalue weighted by Gasteiger charge is 2.18. The van der Waals surface area contributed by atoms with Crippen LogP contribution >= 0.6 is 0 Å². The van der Waals surface area contributed by atoms with Crippen LogP contribution in [0.1, 0.15) is 46.1 Å². The summed E-state index contributed by atoms with van der Waals surface area (Å²) < 4.78 is 1.59. The second kappa shape index (κ2) is 5.72. The minimum atomic E-state index is -0.929. The summed E-state index contributed by atoms with van der Waals surface area (Å²) in [6, 6.07) is 3.85. The molecular weight excluding hydrogens is 264 g/mol. The summed E-state index contributed by atoms with van der Waals surface area (Å²) in [4.78, 5) is 11.4. The number of rotatable bonds is 4. The normalized spacial score (nSPS) is 10.9. The van der Waals surface area contributed by atoms with Crippen LogP contribution in [-0.4, -0.2) is 20.9 Å². The van der Waals surface area contributed by atoms with Gasteiger partial charge >= 0.3 is 5.97 Å². The molecule has 0 aliphatic rings. The molecule has 21 heavy (non-hydrogen) atoms. The van der Waals surface area contributed by atoms with Crippen LogP contribution in [0.5, 0.6) is 0 Å². The van der Waals surface area contributed by atoms with Crippen molar-refractivity contribution in [2.75, 3.05) is 0 Å². The van der Waals surface area contributed by atoms with Crippen molar-refractivity contribution in [2.45, 2.75) is 47.6 Å². The van der Waals surface area contributed by atoms with E-state index in [2.05, 4.69) is 38.9 Å².